The van der Waals surface area contributed by atoms with Crippen molar-refractivity contribution in [2.45, 2.75) is 32.9 Å². The predicted octanol–water partition coefficient (Wildman–Crippen LogP) is 2.45. The number of ether oxygens (including phenoxy) is 1. The number of rotatable bonds is 7. The van der Waals surface area contributed by atoms with Gasteiger partial charge < -0.3 is 15.8 Å². The van der Waals surface area contributed by atoms with Gasteiger partial charge in [0.1, 0.15) is 5.75 Å². The van der Waals surface area contributed by atoms with Crippen molar-refractivity contribution in [2.75, 3.05) is 6.54 Å². The molecule has 1 rings (SSSR count). The van der Waals surface area contributed by atoms with Gasteiger partial charge in [-0.25, -0.2) is 0 Å². The highest BCUT2D eigenvalue weighted by atomic mass is 19.3. The lowest BCUT2D eigenvalue weighted by Gasteiger charge is -2.20. The van der Waals surface area contributed by atoms with Crippen LogP contribution in [0.2, 0.25) is 0 Å². The summed E-state index contributed by atoms with van der Waals surface area (Å²) in [4.78, 5) is 11.9. The number of carbonyl (C=O) groups is 1. The highest BCUT2D eigenvalue weighted by Gasteiger charge is 2.19. The first kappa shape index (κ1) is 16.4. The molecule has 1 amide bonds. The molecule has 1 aromatic rings. The number of halogens is 2. The zero-order valence-corrected chi connectivity index (χ0v) is 11.6. The second-order valence-electron chi connectivity index (χ2n) is 4.63. The van der Waals surface area contributed by atoms with Crippen LogP contribution in [0, 0.1) is 5.92 Å². The molecular formula is C14H20F2N2O2. The van der Waals surface area contributed by atoms with Crippen LogP contribution in [0.1, 0.15) is 31.9 Å². The van der Waals surface area contributed by atoms with E-state index in [0.29, 0.717) is 18.5 Å². The number of carbonyl (C=O) groups excluding carboxylic acids is 1. The largest absolute Gasteiger partial charge is 0.434 e. The molecular weight excluding hydrogens is 266 g/mol. The van der Waals surface area contributed by atoms with Gasteiger partial charge in [-0.15, -0.1) is 0 Å². The first-order valence-electron chi connectivity index (χ1n) is 6.49. The predicted molar refractivity (Wildman–Crippen MR) is 72.5 cm³/mol. The van der Waals surface area contributed by atoms with Crippen molar-refractivity contribution in [3.05, 3.63) is 29.8 Å². The maximum absolute atomic E-state index is 12.3. The molecule has 4 nitrogen and oxygen atoms in total. The average molecular weight is 286 g/mol. The minimum Gasteiger partial charge on any atom is -0.434 e. The Morgan fingerprint density at radius 2 is 2.00 bits per heavy atom. The molecule has 0 aromatic heterocycles. The normalized spacial score (nSPS) is 13.9. The Balaban J connectivity index is 2.76. The molecule has 0 radical (unpaired) electrons. The van der Waals surface area contributed by atoms with Crippen molar-refractivity contribution in [3.8, 4) is 5.75 Å². The second-order valence-corrected chi connectivity index (χ2v) is 4.63. The third-order valence-corrected chi connectivity index (χ3v) is 3.01. The summed E-state index contributed by atoms with van der Waals surface area (Å²) in [6.45, 7) is 1.03. The summed E-state index contributed by atoms with van der Waals surface area (Å²) < 4.78 is 29.1. The molecule has 112 valence electrons. The monoisotopic (exact) mass is 286 g/mol. The van der Waals surface area contributed by atoms with Gasteiger partial charge >= 0.3 is 6.61 Å². The molecule has 0 spiro atoms. The van der Waals surface area contributed by atoms with Crippen LogP contribution in [-0.2, 0) is 4.79 Å². The zero-order chi connectivity index (χ0) is 15.1. The van der Waals surface area contributed by atoms with Crippen LogP contribution in [0.3, 0.4) is 0 Å². The number of nitrogens with one attached hydrogen (secondary N) is 1. The molecule has 0 heterocycles. The summed E-state index contributed by atoms with van der Waals surface area (Å²) >= 11 is 0. The second kappa shape index (κ2) is 7.79. The van der Waals surface area contributed by atoms with Gasteiger partial charge in [-0.2, -0.15) is 8.78 Å². The molecule has 0 bridgehead atoms. The van der Waals surface area contributed by atoms with Gasteiger partial charge in [-0.3, -0.25) is 4.79 Å². The highest BCUT2D eigenvalue weighted by molar-refractivity contribution is 5.78. The lowest BCUT2D eigenvalue weighted by molar-refractivity contribution is -0.125. The molecule has 20 heavy (non-hydrogen) atoms. The molecule has 2 unspecified atom stereocenters. The minimum atomic E-state index is -2.89. The van der Waals surface area contributed by atoms with E-state index in [-0.39, 0.29) is 17.6 Å². The van der Waals surface area contributed by atoms with Gasteiger partial charge in [-0.05, 0) is 26.0 Å². The summed E-state index contributed by atoms with van der Waals surface area (Å²) in [5.74, 6) is -0.304. The number of amides is 1. The Morgan fingerprint density at radius 3 is 2.60 bits per heavy atom. The van der Waals surface area contributed by atoms with E-state index in [1.54, 1.807) is 32.0 Å². The Labute approximate surface area is 117 Å². The van der Waals surface area contributed by atoms with Crippen LogP contribution >= 0.6 is 0 Å². The summed E-state index contributed by atoms with van der Waals surface area (Å²) in [5, 5.41) is 2.78. The van der Waals surface area contributed by atoms with Crippen molar-refractivity contribution in [1.82, 2.24) is 5.32 Å². The molecule has 3 N–H and O–H groups in total. The van der Waals surface area contributed by atoms with E-state index in [9.17, 15) is 13.6 Å². The van der Waals surface area contributed by atoms with Gasteiger partial charge in [0, 0.05) is 11.5 Å². The topological polar surface area (TPSA) is 64.4 Å². The quantitative estimate of drug-likeness (QED) is 0.809. The molecule has 0 saturated heterocycles. The number of para-hydroxylation sites is 1. The van der Waals surface area contributed by atoms with E-state index in [2.05, 4.69) is 10.1 Å². The van der Waals surface area contributed by atoms with Gasteiger partial charge in [0.25, 0.3) is 0 Å². The van der Waals surface area contributed by atoms with Crippen molar-refractivity contribution >= 4 is 5.91 Å². The van der Waals surface area contributed by atoms with E-state index < -0.39 is 12.7 Å². The fraction of sp³-hybridized carbons (Fsp3) is 0.500. The lowest BCUT2D eigenvalue weighted by Crippen LogP contribution is -2.32. The number of hydrogen-bond donors (Lipinski definition) is 2. The van der Waals surface area contributed by atoms with Crippen LogP contribution < -0.4 is 15.8 Å². The fourth-order valence-electron chi connectivity index (χ4n) is 1.86. The Morgan fingerprint density at radius 1 is 1.35 bits per heavy atom. The van der Waals surface area contributed by atoms with Crippen molar-refractivity contribution in [1.29, 1.82) is 0 Å². The average Bonchev–Trinajstić information content (AvgIpc) is 2.38. The Kier molecular flexibility index (Phi) is 6.38. The first-order chi connectivity index (χ1) is 9.45. The minimum absolute atomic E-state index is 0.0711. The molecule has 0 aliphatic carbocycles. The molecule has 1 aromatic carbocycles. The third kappa shape index (κ3) is 4.77. The zero-order valence-electron chi connectivity index (χ0n) is 11.6. The smallest absolute Gasteiger partial charge is 0.387 e. The molecule has 0 saturated carbocycles. The van der Waals surface area contributed by atoms with Gasteiger partial charge in [-0.1, -0.05) is 25.1 Å². The van der Waals surface area contributed by atoms with Gasteiger partial charge in [0.15, 0.2) is 0 Å². The summed E-state index contributed by atoms with van der Waals surface area (Å²) in [6.07, 6.45) is 0.577. The van der Waals surface area contributed by atoms with Crippen molar-refractivity contribution in [2.24, 2.45) is 11.7 Å². The van der Waals surface area contributed by atoms with E-state index in [0.717, 1.165) is 0 Å². The van der Waals surface area contributed by atoms with E-state index in [4.69, 9.17) is 5.73 Å². The Hall–Kier alpha value is -1.69. The molecule has 0 aliphatic heterocycles. The lowest BCUT2D eigenvalue weighted by atomic mass is 10.0. The maximum atomic E-state index is 12.3. The van der Waals surface area contributed by atoms with Crippen LogP contribution in [-0.4, -0.2) is 19.1 Å². The fourth-order valence-corrected chi connectivity index (χ4v) is 1.86. The molecule has 0 aliphatic rings. The number of hydrogen-bond acceptors (Lipinski definition) is 3. The van der Waals surface area contributed by atoms with Gasteiger partial charge in [0.2, 0.25) is 5.91 Å². The molecule has 2 atom stereocenters. The number of benzene rings is 1. The van der Waals surface area contributed by atoms with Crippen molar-refractivity contribution < 1.29 is 18.3 Å². The van der Waals surface area contributed by atoms with Gasteiger partial charge in [0.05, 0.1) is 6.04 Å². The van der Waals surface area contributed by atoms with E-state index >= 15 is 0 Å². The summed E-state index contributed by atoms with van der Waals surface area (Å²) in [5.41, 5.74) is 5.92. The summed E-state index contributed by atoms with van der Waals surface area (Å²) in [7, 11) is 0. The number of alkyl halides is 2. The van der Waals surface area contributed by atoms with Crippen LogP contribution in [0.15, 0.2) is 24.3 Å². The standard InChI is InChI=1S/C14H20F2N2O2/c1-9(7-8-17)13(19)18-10(2)11-5-3-4-6-12(11)20-14(15)16/h3-6,9-10,14H,7-8,17H2,1-2H3,(H,18,19). The van der Waals surface area contributed by atoms with E-state index in [1.807, 2.05) is 0 Å². The number of nitrogens with two attached hydrogens (primary N) is 1. The molecule has 0 fully saturated rings. The van der Waals surface area contributed by atoms with Crippen LogP contribution in [0.25, 0.3) is 0 Å². The first-order valence-corrected chi connectivity index (χ1v) is 6.49. The highest BCUT2D eigenvalue weighted by Crippen LogP contribution is 2.26. The summed E-state index contributed by atoms with van der Waals surface area (Å²) in [6, 6.07) is 5.99. The van der Waals surface area contributed by atoms with Crippen LogP contribution in [0.5, 0.6) is 5.75 Å². The van der Waals surface area contributed by atoms with Crippen LogP contribution in [0.4, 0.5) is 8.78 Å². The maximum Gasteiger partial charge on any atom is 0.387 e. The third-order valence-electron chi connectivity index (χ3n) is 3.01. The van der Waals surface area contributed by atoms with E-state index in [1.165, 1.54) is 6.07 Å². The van der Waals surface area contributed by atoms with Crippen molar-refractivity contribution in [3.63, 3.8) is 0 Å². The Bertz CT molecular complexity index is 441. The molecule has 6 heteroatoms. The SMILES string of the molecule is CC(CCN)C(=O)NC(C)c1ccccc1OC(F)F.